The monoisotopic (exact) mass is 574 g/mol. The molecular weight excluding hydrogens is 539 g/mol. The molecule has 1 saturated heterocycles. The number of fused-ring (bicyclic) bond motifs is 3. The van der Waals surface area contributed by atoms with Crippen molar-refractivity contribution in [2.75, 3.05) is 12.8 Å². The number of aryl methyl sites for hydroxylation is 2. The summed E-state index contributed by atoms with van der Waals surface area (Å²) in [5.41, 5.74) is 5.34. The zero-order valence-corrected chi connectivity index (χ0v) is 25.4. The molecule has 1 aliphatic rings. The number of carbonyl (C=O) groups excluding carboxylic acids is 1. The Kier molecular flexibility index (Phi) is 7.68. The van der Waals surface area contributed by atoms with Crippen LogP contribution in [0.2, 0.25) is 0 Å². The van der Waals surface area contributed by atoms with Crippen molar-refractivity contribution in [3.8, 4) is 17.2 Å². The van der Waals surface area contributed by atoms with Gasteiger partial charge in [-0.05, 0) is 89.0 Å². The molecule has 1 amide bonds. The molecule has 4 aromatic rings. The summed E-state index contributed by atoms with van der Waals surface area (Å²) in [5, 5.41) is 19.8. The van der Waals surface area contributed by atoms with E-state index in [4.69, 9.17) is 9.72 Å². The normalized spacial score (nSPS) is 17.7. The largest absolute Gasteiger partial charge is 0.444 e. The average molecular weight is 575 g/mol. The van der Waals surface area contributed by atoms with Gasteiger partial charge in [0.15, 0.2) is 5.82 Å². The second kappa shape index (κ2) is 10.9. The molecule has 0 N–H and O–H groups in total. The predicted octanol–water partition coefficient (Wildman–Crippen LogP) is 7.29. The van der Waals surface area contributed by atoms with E-state index in [1.165, 1.54) is 11.8 Å². The van der Waals surface area contributed by atoms with Gasteiger partial charge in [-0.1, -0.05) is 23.4 Å². The highest BCUT2D eigenvalue weighted by molar-refractivity contribution is 7.98. The lowest BCUT2D eigenvalue weighted by atomic mass is 9.92. The highest BCUT2D eigenvalue weighted by Crippen LogP contribution is 2.40. The van der Waals surface area contributed by atoms with E-state index < -0.39 is 11.7 Å². The standard InChI is InChI=1S/C31H35FN6O2S/c1-17-9-8-10-22(19(17)3)24-18(2)15-23-26(25(24)32)34-29(41-7)27-28(23)38(36-35-27)21-12-14-37(20(16-21)11-13-33)30(39)40-31(4,5)6/h8-10,15,20-21H,11-12,14,16H2,1-7H3/t20-,21+/m1/s1. The Morgan fingerprint density at radius 1 is 1.22 bits per heavy atom. The smallest absolute Gasteiger partial charge is 0.410 e. The Hall–Kier alpha value is -3.71. The van der Waals surface area contributed by atoms with E-state index in [1.807, 2.05) is 76.7 Å². The number of thioether (sulfide) groups is 1. The molecule has 8 nitrogen and oxygen atoms in total. The Labute approximate surface area is 243 Å². The second-order valence-electron chi connectivity index (χ2n) is 11.7. The first kappa shape index (κ1) is 28.8. The molecule has 41 heavy (non-hydrogen) atoms. The van der Waals surface area contributed by atoms with Gasteiger partial charge in [-0.25, -0.2) is 18.9 Å². The molecule has 2 aromatic heterocycles. The summed E-state index contributed by atoms with van der Waals surface area (Å²) in [6, 6.07) is 9.66. The first-order valence-electron chi connectivity index (χ1n) is 13.8. The van der Waals surface area contributed by atoms with Gasteiger partial charge in [-0.2, -0.15) is 5.26 Å². The lowest BCUT2D eigenvalue weighted by Crippen LogP contribution is -2.48. The fourth-order valence-corrected chi connectivity index (χ4v) is 6.28. The minimum Gasteiger partial charge on any atom is -0.444 e. The fourth-order valence-electron chi connectivity index (χ4n) is 5.76. The minimum atomic E-state index is -0.634. The number of likely N-dealkylation sites (tertiary alicyclic amines) is 1. The predicted molar refractivity (Wildman–Crippen MR) is 159 cm³/mol. The molecule has 214 valence electrons. The summed E-state index contributed by atoms with van der Waals surface area (Å²) in [6.45, 7) is 11.9. The van der Waals surface area contributed by atoms with Crippen LogP contribution in [-0.4, -0.2) is 55.4 Å². The van der Waals surface area contributed by atoms with Crippen LogP contribution < -0.4 is 0 Å². The van der Waals surface area contributed by atoms with Gasteiger partial charge in [-0.3, -0.25) is 0 Å². The van der Waals surface area contributed by atoms with Crippen LogP contribution in [0.25, 0.3) is 33.1 Å². The van der Waals surface area contributed by atoms with Crippen LogP contribution >= 0.6 is 11.8 Å². The second-order valence-corrected chi connectivity index (χ2v) is 12.5. The van der Waals surface area contributed by atoms with Gasteiger partial charge >= 0.3 is 6.09 Å². The molecule has 1 fully saturated rings. The molecule has 0 bridgehead atoms. The van der Waals surface area contributed by atoms with Crippen LogP contribution in [0.1, 0.15) is 62.8 Å². The Balaban J connectivity index is 1.63. The molecule has 5 rings (SSSR count). The van der Waals surface area contributed by atoms with Crippen molar-refractivity contribution >= 4 is 39.8 Å². The number of nitrogens with zero attached hydrogens (tertiary/aromatic N) is 6. The summed E-state index contributed by atoms with van der Waals surface area (Å²) < 4.78 is 23.9. The van der Waals surface area contributed by atoms with Gasteiger partial charge in [-0.15, -0.1) is 16.9 Å². The zero-order chi connectivity index (χ0) is 29.6. The van der Waals surface area contributed by atoms with E-state index in [2.05, 4.69) is 16.4 Å². The average Bonchev–Trinajstić information content (AvgIpc) is 3.36. The molecule has 0 spiro atoms. The van der Waals surface area contributed by atoms with Crippen LogP contribution in [0, 0.1) is 37.9 Å². The summed E-state index contributed by atoms with van der Waals surface area (Å²) in [4.78, 5) is 19.3. The summed E-state index contributed by atoms with van der Waals surface area (Å²) in [7, 11) is 0. The topological polar surface area (TPSA) is 96.9 Å². The van der Waals surface area contributed by atoms with Crippen molar-refractivity contribution in [3.05, 3.63) is 46.8 Å². The van der Waals surface area contributed by atoms with Crippen LogP contribution in [0.15, 0.2) is 29.3 Å². The number of nitriles is 1. The molecule has 3 heterocycles. The SMILES string of the molecule is CSc1nc2c(F)c(-c3cccc(C)c3C)c(C)cc2c2c1nnn2[C@H]1CCN(C(=O)OC(C)(C)C)[C@H](CC#N)C1. The lowest BCUT2D eigenvalue weighted by Gasteiger charge is -2.39. The van der Waals surface area contributed by atoms with Gasteiger partial charge in [0.1, 0.15) is 27.2 Å². The van der Waals surface area contributed by atoms with E-state index in [-0.39, 0.29) is 29.8 Å². The maximum Gasteiger partial charge on any atom is 0.410 e. The van der Waals surface area contributed by atoms with Crippen molar-refractivity contribution in [1.82, 2.24) is 24.9 Å². The Bertz CT molecular complexity index is 1700. The number of amides is 1. The molecule has 10 heteroatoms. The maximum absolute atomic E-state index is 16.5. The van der Waals surface area contributed by atoms with Gasteiger partial charge < -0.3 is 9.64 Å². The number of ether oxygens (including phenoxy) is 1. The van der Waals surface area contributed by atoms with Crippen LogP contribution in [0.5, 0.6) is 0 Å². The third kappa shape index (κ3) is 5.23. The zero-order valence-electron chi connectivity index (χ0n) is 24.6. The quantitative estimate of drug-likeness (QED) is 0.236. The first-order valence-corrected chi connectivity index (χ1v) is 15.0. The third-order valence-electron chi connectivity index (χ3n) is 7.86. The van der Waals surface area contributed by atoms with Gasteiger partial charge in [0.05, 0.1) is 24.6 Å². The summed E-state index contributed by atoms with van der Waals surface area (Å²) >= 11 is 1.41. The van der Waals surface area contributed by atoms with Gasteiger partial charge in [0.2, 0.25) is 0 Å². The molecule has 1 aliphatic heterocycles. The number of carbonyl (C=O) groups is 1. The number of hydrogen-bond acceptors (Lipinski definition) is 7. The number of hydrogen-bond donors (Lipinski definition) is 0. The third-order valence-corrected chi connectivity index (χ3v) is 8.53. The molecule has 0 radical (unpaired) electrons. The lowest BCUT2D eigenvalue weighted by molar-refractivity contribution is 0.00557. The van der Waals surface area contributed by atoms with E-state index in [0.717, 1.165) is 27.8 Å². The van der Waals surface area contributed by atoms with Crippen molar-refractivity contribution < 1.29 is 13.9 Å². The molecule has 0 unspecified atom stereocenters. The van der Waals surface area contributed by atoms with Gasteiger partial charge in [0, 0.05) is 17.5 Å². The molecule has 0 saturated carbocycles. The van der Waals surface area contributed by atoms with E-state index in [1.54, 1.807) is 4.90 Å². The fraction of sp³-hybridized carbons (Fsp3) is 0.452. The number of halogens is 1. The molecular formula is C31H35FN6O2S. The number of rotatable bonds is 4. The maximum atomic E-state index is 16.5. The van der Waals surface area contributed by atoms with Crippen LogP contribution in [0.3, 0.4) is 0 Å². The minimum absolute atomic E-state index is 0.139. The number of benzene rings is 2. The van der Waals surface area contributed by atoms with E-state index in [0.29, 0.717) is 40.9 Å². The van der Waals surface area contributed by atoms with E-state index >= 15 is 4.39 Å². The van der Waals surface area contributed by atoms with Crippen molar-refractivity contribution in [1.29, 1.82) is 5.26 Å². The highest BCUT2D eigenvalue weighted by Gasteiger charge is 2.36. The van der Waals surface area contributed by atoms with Crippen molar-refractivity contribution in [3.63, 3.8) is 0 Å². The summed E-state index contributed by atoms with van der Waals surface area (Å²) in [6.07, 6.45) is 2.75. The van der Waals surface area contributed by atoms with E-state index in [9.17, 15) is 10.1 Å². The number of aromatic nitrogens is 4. The van der Waals surface area contributed by atoms with Gasteiger partial charge in [0.25, 0.3) is 0 Å². The highest BCUT2D eigenvalue weighted by atomic mass is 32.2. The van der Waals surface area contributed by atoms with Crippen molar-refractivity contribution in [2.45, 2.75) is 83.5 Å². The number of pyridine rings is 1. The van der Waals surface area contributed by atoms with Crippen LogP contribution in [0.4, 0.5) is 9.18 Å². The Morgan fingerprint density at radius 3 is 2.66 bits per heavy atom. The van der Waals surface area contributed by atoms with Crippen molar-refractivity contribution in [2.24, 2.45) is 0 Å². The first-order chi connectivity index (χ1) is 19.4. The van der Waals surface area contributed by atoms with Crippen LogP contribution in [-0.2, 0) is 4.74 Å². The Morgan fingerprint density at radius 2 is 1.98 bits per heavy atom. The summed E-state index contributed by atoms with van der Waals surface area (Å²) in [5.74, 6) is -0.360. The number of piperidine rings is 1. The molecule has 2 atom stereocenters. The molecule has 0 aliphatic carbocycles. The molecule has 2 aromatic carbocycles.